The summed E-state index contributed by atoms with van der Waals surface area (Å²) in [6.45, 7) is 6.89. The zero-order chi connectivity index (χ0) is 12.0. The Balaban J connectivity index is 3.01. The van der Waals surface area contributed by atoms with Crippen LogP contribution in [0.2, 0.25) is 0 Å². The number of rotatable bonds is 6. The van der Waals surface area contributed by atoms with Crippen molar-refractivity contribution in [1.29, 1.82) is 0 Å². The molecule has 0 fully saturated rings. The molecular formula is C12H19N3O. The van der Waals surface area contributed by atoms with Crippen LogP contribution in [0.15, 0.2) is 31.0 Å². The van der Waals surface area contributed by atoms with Crippen molar-refractivity contribution < 1.29 is 5.11 Å². The highest BCUT2D eigenvalue weighted by Crippen LogP contribution is 2.21. The third-order valence-electron chi connectivity index (χ3n) is 2.33. The topological polar surface area (TPSA) is 62.4 Å². The lowest BCUT2D eigenvalue weighted by Crippen LogP contribution is -2.29. The molecular weight excluding hydrogens is 202 g/mol. The van der Waals surface area contributed by atoms with Gasteiger partial charge >= 0.3 is 0 Å². The fourth-order valence-corrected chi connectivity index (χ4v) is 1.59. The van der Waals surface area contributed by atoms with Crippen molar-refractivity contribution in [3.8, 4) is 0 Å². The highest BCUT2D eigenvalue weighted by atomic mass is 16.3. The lowest BCUT2D eigenvalue weighted by Gasteiger charge is -2.24. The van der Waals surface area contributed by atoms with Crippen molar-refractivity contribution >= 4 is 5.82 Å². The fraction of sp³-hybridized carbons (Fsp3) is 0.417. The van der Waals surface area contributed by atoms with E-state index in [1.807, 2.05) is 24.0 Å². The van der Waals surface area contributed by atoms with Gasteiger partial charge in [-0.2, -0.15) is 0 Å². The Morgan fingerprint density at radius 2 is 2.44 bits per heavy atom. The molecule has 1 atom stereocenters. The molecule has 0 aromatic carbocycles. The Labute approximate surface area is 96.4 Å². The molecule has 1 heterocycles. The maximum Gasteiger partial charge on any atom is 0.133 e. The normalized spacial score (nSPS) is 12.2. The van der Waals surface area contributed by atoms with Gasteiger partial charge in [0.25, 0.3) is 0 Å². The number of pyridine rings is 1. The van der Waals surface area contributed by atoms with Crippen LogP contribution in [0.25, 0.3) is 0 Å². The number of hydrogen-bond acceptors (Lipinski definition) is 4. The van der Waals surface area contributed by atoms with E-state index in [4.69, 9.17) is 10.8 Å². The quantitative estimate of drug-likeness (QED) is 0.706. The van der Waals surface area contributed by atoms with Crippen LogP contribution >= 0.6 is 0 Å². The van der Waals surface area contributed by atoms with Gasteiger partial charge in [-0.3, -0.25) is 0 Å². The zero-order valence-electron chi connectivity index (χ0n) is 9.63. The molecule has 1 aromatic heterocycles. The molecule has 0 amide bonds. The van der Waals surface area contributed by atoms with Gasteiger partial charge in [0.05, 0.1) is 6.61 Å². The monoisotopic (exact) mass is 221 g/mol. The van der Waals surface area contributed by atoms with Crippen LogP contribution in [0, 0.1) is 0 Å². The smallest absolute Gasteiger partial charge is 0.133 e. The Bertz CT molecular complexity index is 339. The second-order valence-electron chi connectivity index (χ2n) is 3.66. The molecule has 0 radical (unpaired) electrons. The number of aliphatic hydroxyl groups excluding tert-OH is 1. The van der Waals surface area contributed by atoms with Gasteiger partial charge in [0.2, 0.25) is 0 Å². The lowest BCUT2D eigenvalue weighted by atomic mass is 10.1. The first-order valence-electron chi connectivity index (χ1n) is 5.38. The molecule has 88 valence electrons. The molecule has 4 heteroatoms. The highest BCUT2D eigenvalue weighted by molar-refractivity contribution is 5.48. The van der Waals surface area contributed by atoms with Gasteiger partial charge < -0.3 is 15.7 Å². The van der Waals surface area contributed by atoms with Crippen LogP contribution in [-0.2, 0) is 0 Å². The predicted octanol–water partition coefficient (Wildman–Crippen LogP) is 1.09. The number of aliphatic hydroxyl groups is 1. The van der Waals surface area contributed by atoms with Crippen molar-refractivity contribution in [2.45, 2.75) is 13.0 Å². The van der Waals surface area contributed by atoms with E-state index in [2.05, 4.69) is 11.6 Å². The van der Waals surface area contributed by atoms with E-state index in [9.17, 15) is 0 Å². The van der Waals surface area contributed by atoms with Crippen molar-refractivity contribution in [2.75, 3.05) is 24.6 Å². The molecule has 0 saturated carbocycles. The molecule has 16 heavy (non-hydrogen) atoms. The van der Waals surface area contributed by atoms with Crippen LogP contribution in [0.5, 0.6) is 0 Å². The summed E-state index contributed by atoms with van der Waals surface area (Å²) in [5, 5.41) is 9.02. The maximum absolute atomic E-state index is 9.02. The molecule has 1 aromatic rings. The second-order valence-corrected chi connectivity index (χ2v) is 3.66. The van der Waals surface area contributed by atoms with E-state index in [-0.39, 0.29) is 12.6 Å². The third kappa shape index (κ3) is 3.05. The Morgan fingerprint density at radius 1 is 1.69 bits per heavy atom. The maximum atomic E-state index is 9.02. The summed E-state index contributed by atoms with van der Waals surface area (Å²) in [5.74, 6) is 0.825. The number of hydrogen-bond donors (Lipinski definition) is 2. The first kappa shape index (κ1) is 12.7. The van der Waals surface area contributed by atoms with E-state index < -0.39 is 0 Å². The van der Waals surface area contributed by atoms with Gasteiger partial charge in [-0.25, -0.2) is 4.98 Å². The van der Waals surface area contributed by atoms with Gasteiger partial charge in [-0.15, -0.1) is 6.58 Å². The number of nitrogens with two attached hydrogens (primary N) is 1. The van der Waals surface area contributed by atoms with E-state index in [0.717, 1.165) is 11.4 Å². The first-order chi connectivity index (χ1) is 7.70. The number of anilines is 1. The molecule has 0 bridgehead atoms. The Morgan fingerprint density at radius 3 is 3.00 bits per heavy atom. The van der Waals surface area contributed by atoms with Gasteiger partial charge in [-0.05, 0) is 13.0 Å². The van der Waals surface area contributed by atoms with Crippen LogP contribution in [0.1, 0.15) is 18.5 Å². The molecule has 3 N–H and O–H groups in total. The Hall–Kier alpha value is -1.39. The molecule has 4 nitrogen and oxygen atoms in total. The average Bonchev–Trinajstić information content (AvgIpc) is 2.29. The summed E-state index contributed by atoms with van der Waals surface area (Å²) in [4.78, 5) is 6.29. The van der Waals surface area contributed by atoms with Crippen LogP contribution in [0.3, 0.4) is 0 Å². The molecule has 0 saturated heterocycles. The van der Waals surface area contributed by atoms with Crippen molar-refractivity contribution in [1.82, 2.24) is 4.98 Å². The average molecular weight is 221 g/mol. The van der Waals surface area contributed by atoms with Crippen molar-refractivity contribution in [3.05, 3.63) is 36.5 Å². The molecule has 0 aliphatic carbocycles. The summed E-state index contributed by atoms with van der Waals surface area (Å²) in [6.07, 6.45) is 3.52. The van der Waals surface area contributed by atoms with Gasteiger partial charge in [0.15, 0.2) is 0 Å². The van der Waals surface area contributed by atoms with E-state index in [1.165, 1.54) is 0 Å². The summed E-state index contributed by atoms with van der Waals surface area (Å²) in [6, 6.07) is 3.75. The fourth-order valence-electron chi connectivity index (χ4n) is 1.59. The molecule has 0 spiro atoms. The SMILES string of the molecule is C=CCN(CCO)c1ncccc1[C@H](C)N. The minimum atomic E-state index is -0.0743. The standard InChI is InChI=1S/C12H19N3O/c1-3-7-15(8-9-16)12-11(10(2)13)5-4-6-14-12/h3-6,10,16H,1,7-9,13H2,2H3/t10-/m0/s1. The lowest BCUT2D eigenvalue weighted by molar-refractivity contribution is 0.302. The summed E-state index contributed by atoms with van der Waals surface area (Å²) in [5.41, 5.74) is 6.87. The minimum Gasteiger partial charge on any atom is -0.395 e. The van der Waals surface area contributed by atoms with E-state index >= 15 is 0 Å². The Kier molecular flexibility index (Phi) is 4.95. The zero-order valence-corrected chi connectivity index (χ0v) is 9.63. The summed E-state index contributed by atoms with van der Waals surface area (Å²) < 4.78 is 0. The summed E-state index contributed by atoms with van der Waals surface area (Å²) >= 11 is 0. The van der Waals surface area contributed by atoms with Gasteiger partial charge in [0.1, 0.15) is 5.82 Å². The van der Waals surface area contributed by atoms with E-state index in [0.29, 0.717) is 13.1 Å². The second kappa shape index (κ2) is 6.25. The minimum absolute atomic E-state index is 0.0743. The van der Waals surface area contributed by atoms with Gasteiger partial charge in [0, 0.05) is 30.9 Å². The number of nitrogens with zero attached hydrogens (tertiary/aromatic N) is 2. The molecule has 0 aliphatic heterocycles. The molecule has 1 rings (SSSR count). The number of aromatic nitrogens is 1. The van der Waals surface area contributed by atoms with Crippen LogP contribution < -0.4 is 10.6 Å². The molecule has 0 aliphatic rings. The summed E-state index contributed by atoms with van der Waals surface area (Å²) in [7, 11) is 0. The molecule has 0 unspecified atom stereocenters. The highest BCUT2D eigenvalue weighted by Gasteiger charge is 2.13. The largest absolute Gasteiger partial charge is 0.395 e. The van der Waals surface area contributed by atoms with E-state index in [1.54, 1.807) is 12.3 Å². The first-order valence-corrected chi connectivity index (χ1v) is 5.38. The van der Waals surface area contributed by atoms with Crippen molar-refractivity contribution in [3.63, 3.8) is 0 Å². The van der Waals surface area contributed by atoms with Crippen molar-refractivity contribution in [2.24, 2.45) is 5.73 Å². The third-order valence-corrected chi connectivity index (χ3v) is 2.33. The van der Waals surface area contributed by atoms with Crippen LogP contribution in [0.4, 0.5) is 5.82 Å². The van der Waals surface area contributed by atoms with Gasteiger partial charge in [-0.1, -0.05) is 12.1 Å². The van der Waals surface area contributed by atoms with Crippen LogP contribution in [-0.4, -0.2) is 29.8 Å². The predicted molar refractivity (Wildman–Crippen MR) is 66.3 cm³/mol.